The molecule has 0 aliphatic heterocycles. The number of halogens is 3. The fourth-order valence-electron chi connectivity index (χ4n) is 2.19. The van der Waals surface area contributed by atoms with E-state index in [-0.39, 0.29) is 23.4 Å². The van der Waals surface area contributed by atoms with Crippen LogP contribution in [0.1, 0.15) is 29.8 Å². The van der Waals surface area contributed by atoms with E-state index in [2.05, 4.69) is 5.32 Å². The molecule has 0 spiro atoms. The first-order chi connectivity index (χ1) is 12.3. The first kappa shape index (κ1) is 24.4. The zero-order valence-corrected chi connectivity index (χ0v) is 15.4. The second kappa shape index (κ2) is 10.5. The van der Waals surface area contributed by atoms with Gasteiger partial charge in [0.25, 0.3) is 0 Å². The number of carboxylic acid groups (broad SMARTS) is 2. The third-order valence-corrected chi connectivity index (χ3v) is 3.37. The molecule has 0 fully saturated rings. The van der Waals surface area contributed by atoms with E-state index in [1.807, 2.05) is 32.8 Å². The van der Waals surface area contributed by atoms with Gasteiger partial charge in [-0.1, -0.05) is 26.0 Å². The van der Waals surface area contributed by atoms with Gasteiger partial charge in [0.1, 0.15) is 0 Å². The Morgan fingerprint density at radius 2 is 1.52 bits per heavy atom. The molecular formula is C17H23F3N2O5. The van der Waals surface area contributed by atoms with Crippen molar-refractivity contribution in [3.8, 4) is 0 Å². The average Bonchev–Trinajstić information content (AvgIpc) is 2.52. The third kappa shape index (κ3) is 9.04. The molecule has 10 heteroatoms. The molecule has 0 aromatic heterocycles. The van der Waals surface area contributed by atoms with Crippen molar-refractivity contribution in [2.75, 3.05) is 14.1 Å². The summed E-state index contributed by atoms with van der Waals surface area (Å²) in [6.45, 7) is 4.41. The lowest BCUT2D eigenvalue weighted by atomic mass is 10.0. The van der Waals surface area contributed by atoms with Gasteiger partial charge in [0.2, 0.25) is 5.91 Å². The van der Waals surface area contributed by atoms with Gasteiger partial charge in [-0.15, -0.1) is 0 Å². The number of aromatic carboxylic acids is 1. The van der Waals surface area contributed by atoms with E-state index in [0.29, 0.717) is 6.54 Å². The van der Waals surface area contributed by atoms with E-state index in [1.54, 1.807) is 12.1 Å². The minimum Gasteiger partial charge on any atom is -0.478 e. The molecule has 1 atom stereocenters. The number of hydrogen-bond acceptors (Lipinski definition) is 4. The summed E-state index contributed by atoms with van der Waals surface area (Å²) in [5.41, 5.74) is 1.12. The molecule has 0 bridgehead atoms. The number of rotatable bonds is 6. The fourth-order valence-corrected chi connectivity index (χ4v) is 2.19. The monoisotopic (exact) mass is 392 g/mol. The number of nitrogens with one attached hydrogen (secondary N) is 1. The zero-order valence-electron chi connectivity index (χ0n) is 15.4. The number of alkyl halides is 3. The number of amides is 1. The van der Waals surface area contributed by atoms with Gasteiger partial charge in [0.05, 0.1) is 11.6 Å². The Morgan fingerprint density at radius 3 is 1.81 bits per heavy atom. The van der Waals surface area contributed by atoms with Crippen LogP contribution in [0.5, 0.6) is 0 Å². The highest BCUT2D eigenvalue weighted by Crippen LogP contribution is 2.13. The van der Waals surface area contributed by atoms with Crippen LogP contribution in [0, 0.1) is 5.92 Å². The van der Waals surface area contributed by atoms with Crippen LogP contribution < -0.4 is 5.32 Å². The minimum atomic E-state index is -5.08. The van der Waals surface area contributed by atoms with Crippen molar-refractivity contribution in [3.63, 3.8) is 0 Å². The molecule has 27 heavy (non-hydrogen) atoms. The molecule has 1 aromatic rings. The second-order valence-corrected chi connectivity index (χ2v) is 6.18. The molecule has 0 unspecified atom stereocenters. The average molecular weight is 392 g/mol. The first-order valence-electron chi connectivity index (χ1n) is 7.83. The van der Waals surface area contributed by atoms with Crippen molar-refractivity contribution in [1.29, 1.82) is 0 Å². The number of likely N-dealkylation sites (N-methyl/N-ethyl adjacent to an activating group) is 1. The molecule has 0 radical (unpaired) electrons. The molecule has 1 rings (SSSR count). The normalized spacial score (nSPS) is 12.2. The largest absolute Gasteiger partial charge is 0.490 e. The lowest BCUT2D eigenvalue weighted by molar-refractivity contribution is -0.192. The summed E-state index contributed by atoms with van der Waals surface area (Å²) < 4.78 is 31.7. The molecule has 0 saturated heterocycles. The minimum absolute atomic E-state index is 0.0210. The summed E-state index contributed by atoms with van der Waals surface area (Å²) in [5, 5.41) is 18.8. The van der Waals surface area contributed by atoms with Crippen molar-refractivity contribution >= 4 is 17.8 Å². The Morgan fingerprint density at radius 1 is 1.07 bits per heavy atom. The molecular weight excluding hydrogens is 369 g/mol. The first-order valence-corrected chi connectivity index (χ1v) is 7.83. The number of carboxylic acids is 2. The van der Waals surface area contributed by atoms with Crippen LogP contribution in [0.3, 0.4) is 0 Å². The third-order valence-electron chi connectivity index (χ3n) is 3.37. The predicted octanol–water partition coefficient (Wildman–Crippen LogP) is 2.22. The number of carbonyl (C=O) groups excluding carboxylic acids is 1. The Bertz CT molecular complexity index is 635. The van der Waals surface area contributed by atoms with Crippen molar-refractivity contribution in [2.45, 2.75) is 32.6 Å². The van der Waals surface area contributed by atoms with E-state index >= 15 is 0 Å². The molecule has 0 aliphatic carbocycles. The maximum absolute atomic E-state index is 12.1. The topological polar surface area (TPSA) is 107 Å². The lowest BCUT2D eigenvalue weighted by Gasteiger charge is -2.26. The van der Waals surface area contributed by atoms with E-state index < -0.39 is 18.1 Å². The summed E-state index contributed by atoms with van der Waals surface area (Å²) in [7, 11) is 3.76. The van der Waals surface area contributed by atoms with Gasteiger partial charge in [0.15, 0.2) is 0 Å². The number of aliphatic carboxylic acids is 1. The quantitative estimate of drug-likeness (QED) is 0.685. The highest BCUT2D eigenvalue weighted by atomic mass is 19.4. The molecule has 1 amide bonds. The predicted molar refractivity (Wildman–Crippen MR) is 91.3 cm³/mol. The smallest absolute Gasteiger partial charge is 0.478 e. The standard InChI is InChI=1S/C15H22N2O3.C2HF3O2/c1-10(2)13(17(3)4)14(18)16-9-11-5-7-12(8-6-11)15(19)20;3-2(4,5)1(6)7/h5-8,10,13H,9H2,1-4H3,(H,16,18)(H,19,20);(H,6,7)/t13-;/m0./s1. The highest BCUT2D eigenvalue weighted by Gasteiger charge is 2.38. The Labute approximate surface area is 154 Å². The fraction of sp³-hybridized carbons (Fsp3) is 0.471. The molecule has 1 aromatic carbocycles. The Kier molecular flexibility index (Phi) is 9.49. The van der Waals surface area contributed by atoms with Gasteiger partial charge >= 0.3 is 18.1 Å². The summed E-state index contributed by atoms with van der Waals surface area (Å²) in [6.07, 6.45) is -5.08. The molecule has 0 saturated carbocycles. The van der Waals surface area contributed by atoms with Crippen LogP contribution in [0.25, 0.3) is 0 Å². The van der Waals surface area contributed by atoms with E-state index in [4.69, 9.17) is 15.0 Å². The number of benzene rings is 1. The van der Waals surface area contributed by atoms with Crippen LogP contribution in [0.2, 0.25) is 0 Å². The maximum atomic E-state index is 12.1. The van der Waals surface area contributed by atoms with Gasteiger partial charge < -0.3 is 15.5 Å². The zero-order chi connectivity index (χ0) is 21.4. The van der Waals surface area contributed by atoms with Gasteiger partial charge in [-0.3, -0.25) is 9.69 Å². The summed E-state index contributed by atoms with van der Waals surface area (Å²) in [4.78, 5) is 33.7. The van der Waals surface area contributed by atoms with Crippen LogP contribution in [0.4, 0.5) is 13.2 Å². The van der Waals surface area contributed by atoms with E-state index in [1.165, 1.54) is 12.1 Å². The van der Waals surface area contributed by atoms with Gasteiger partial charge in [0, 0.05) is 6.54 Å². The molecule has 3 N–H and O–H groups in total. The van der Waals surface area contributed by atoms with Crippen molar-refractivity contribution in [3.05, 3.63) is 35.4 Å². The van der Waals surface area contributed by atoms with E-state index in [0.717, 1.165) is 5.56 Å². The van der Waals surface area contributed by atoms with Crippen LogP contribution in [-0.2, 0) is 16.1 Å². The Hall–Kier alpha value is -2.62. The SMILES string of the molecule is CC(C)[C@@H](C(=O)NCc1ccc(C(=O)O)cc1)N(C)C.O=C(O)C(F)(F)F. The van der Waals surface area contributed by atoms with Crippen molar-refractivity contribution < 1.29 is 37.8 Å². The molecule has 0 heterocycles. The molecule has 7 nitrogen and oxygen atoms in total. The highest BCUT2D eigenvalue weighted by molar-refractivity contribution is 5.87. The van der Waals surface area contributed by atoms with Crippen LogP contribution >= 0.6 is 0 Å². The second-order valence-electron chi connectivity index (χ2n) is 6.18. The Balaban J connectivity index is 0.000000821. The molecule has 152 valence electrons. The number of nitrogens with zero attached hydrogens (tertiary/aromatic N) is 1. The van der Waals surface area contributed by atoms with Crippen LogP contribution in [-0.4, -0.2) is 59.3 Å². The maximum Gasteiger partial charge on any atom is 0.490 e. The van der Waals surface area contributed by atoms with Gasteiger partial charge in [-0.2, -0.15) is 13.2 Å². The summed E-state index contributed by atoms with van der Waals surface area (Å²) in [5.74, 6) is -3.51. The lowest BCUT2D eigenvalue weighted by Crippen LogP contribution is -2.46. The van der Waals surface area contributed by atoms with Gasteiger partial charge in [-0.05, 0) is 37.7 Å². The number of carbonyl (C=O) groups is 3. The van der Waals surface area contributed by atoms with Crippen molar-refractivity contribution in [1.82, 2.24) is 10.2 Å². The van der Waals surface area contributed by atoms with Gasteiger partial charge in [-0.25, -0.2) is 9.59 Å². The molecule has 0 aliphatic rings. The summed E-state index contributed by atoms with van der Waals surface area (Å²) in [6, 6.07) is 6.33. The summed E-state index contributed by atoms with van der Waals surface area (Å²) >= 11 is 0. The number of hydrogen-bond donors (Lipinski definition) is 3. The van der Waals surface area contributed by atoms with Crippen LogP contribution in [0.15, 0.2) is 24.3 Å². The van der Waals surface area contributed by atoms with Crippen molar-refractivity contribution in [2.24, 2.45) is 5.92 Å². The van der Waals surface area contributed by atoms with E-state index in [9.17, 15) is 22.8 Å².